The predicted molar refractivity (Wildman–Crippen MR) is 363 cm³/mol. The van der Waals surface area contributed by atoms with Gasteiger partial charge in [-0.05, 0) is 25.7 Å². The van der Waals surface area contributed by atoms with Gasteiger partial charge >= 0.3 is 39.5 Å². The van der Waals surface area contributed by atoms with Crippen molar-refractivity contribution in [2.45, 2.75) is 393 Å². The molecule has 534 valence electrons. The summed E-state index contributed by atoms with van der Waals surface area (Å²) in [6.07, 6.45) is 54.0. The van der Waals surface area contributed by atoms with Crippen molar-refractivity contribution in [2.24, 2.45) is 0 Å². The summed E-state index contributed by atoms with van der Waals surface area (Å²) >= 11 is 0. The van der Waals surface area contributed by atoms with E-state index >= 15 is 0 Å². The van der Waals surface area contributed by atoms with Crippen molar-refractivity contribution >= 4 is 39.5 Å². The first-order valence-corrected chi connectivity index (χ1v) is 40.3. The number of aliphatic hydroxyl groups excluding tert-OH is 1. The topological polar surface area (TPSA) is 237 Å². The second kappa shape index (κ2) is 65.7. The molecule has 0 aromatic rings. The molecule has 3 N–H and O–H groups in total. The van der Waals surface area contributed by atoms with Gasteiger partial charge in [-0.2, -0.15) is 0 Å². The molecule has 0 aromatic carbocycles. The van der Waals surface area contributed by atoms with Crippen molar-refractivity contribution in [3.63, 3.8) is 0 Å². The van der Waals surface area contributed by atoms with Crippen molar-refractivity contribution in [1.29, 1.82) is 0 Å². The molecule has 0 bridgehead atoms. The zero-order valence-electron chi connectivity index (χ0n) is 58.1. The number of aliphatic hydroxyl groups is 1. The van der Waals surface area contributed by atoms with Gasteiger partial charge in [0.15, 0.2) is 12.2 Å². The van der Waals surface area contributed by atoms with Crippen LogP contribution in [0, 0.1) is 0 Å². The van der Waals surface area contributed by atoms with Gasteiger partial charge in [-0.1, -0.05) is 323 Å². The van der Waals surface area contributed by atoms with Crippen LogP contribution in [0.3, 0.4) is 0 Å². The monoisotopic (exact) mass is 1320 g/mol. The number of hydrogen-bond acceptors (Lipinski definition) is 15. The van der Waals surface area contributed by atoms with E-state index in [1.54, 1.807) is 0 Å². The van der Waals surface area contributed by atoms with E-state index in [9.17, 15) is 43.2 Å². The largest absolute Gasteiger partial charge is 0.472 e. The van der Waals surface area contributed by atoms with Gasteiger partial charge in [-0.15, -0.1) is 0 Å². The van der Waals surface area contributed by atoms with Crippen LogP contribution in [-0.4, -0.2) is 96.7 Å². The van der Waals surface area contributed by atoms with E-state index in [0.29, 0.717) is 25.7 Å². The Bertz CT molecular complexity index is 1720. The van der Waals surface area contributed by atoms with E-state index in [2.05, 4.69) is 27.7 Å². The Labute approximate surface area is 549 Å². The van der Waals surface area contributed by atoms with Gasteiger partial charge < -0.3 is 33.8 Å². The van der Waals surface area contributed by atoms with Crippen LogP contribution in [0.1, 0.15) is 374 Å². The van der Waals surface area contributed by atoms with Crippen LogP contribution in [0.15, 0.2) is 0 Å². The normalized spacial score (nSPS) is 14.0. The quantitative estimate of drug-likeness (QED) is 0.0222. The summed E-state index contributed by atoms with van der Waals surface area (Å²) in [7, 11) is -9.90. The first-order valence-electron chi connectivity index (χ1n) is 37.3. The van der Waals surface area contributed by atoms with E-state index in [-0.39, 0.29) is 25.7 Å². The minimum absolute atomic E-state index is 0.107. The lowest BCUT2D eigenvalue weighted by molar-refractivity contribution is -0.161. The average molecular weight is 1330 g/mol. The van der Waals surface area contributed by atoms with Crippen LogP contribution < -0.4 is 0 Å². The van der Waals surface area contributed by atoms with Crippen LogP contribution in [0.4, 0.5) is 0 Å². The molecule has 0 saturated carbocycles. The van der Waals surface area contributed by atoms with E-state index in [1.807, 2.05) is 0 Å². The molecule has 0 heterocycles. The molecule has 0 amide bonds. The van der Waals surface area contributed by atoms with E-state index < -0.39 is 97.5 Å². The van der Waals surface area contributed by atoms with E-state index in [4.69, 9.17) is 37.0 Å². The molecule has 0 spiro atoms. The number of phosphoric acid groups is 2. The molecule has 5 atom stereocenters. The number of unbranched alkanes of at least 4 members (excludes halogenated alkanes) is 46. The maximum absolute atomic E-state index is 13.0. The van der Waals surface area contributed by atoms with Crippen molar-refractivity contribution in [3.05, 3.63) is 0 Å². The lowest BCUT2D eigenvalue weighted by Gasteiger charge is -2.21. The molecule has 0 rings (SSSR count). The summed E-state index contributed by atoms with van der Waals surface area (Å²) in [6.45, 7) is 4.94. The van der Waals surface area contributed by atoms with Crippen molar-refractivity contribution in [1.82, 2.24) is 0 Å². The molecule has 0 aliphatic carbocycles. The van der Waals surface area contributed by atoms with Gasteiger partial charge in [0.2, 0.25) is 0 Å². The fourth-order valence-electron chi connectivity index (χ4n) is 10.9. The fourth-order valence-corrected chi connectivity index (χ4v) is 12.4. The first kappa shape index (κ1) is 88.1. The van der Waals surface area contributed by atoms with Gasteiger partial charge in [0.1, 0.15) is 19.3 Å². The lowest BCUT2D eigenvalue weighted by Crippen LogP contribution is -2.30. The van der Waals surface area contributed by atoms with Crippen LogP contribution >= 0.6 is 15.6 Å². The Kier molecular flexibility index (Phi) is 64.3. The molecule has 0 aliphatic rings. The minimum Gasteiger partial charge on any atom is -0.462 e. The van der Waals surface area contributed by atoms with E-state index in [0.717, 1.165) is 89.9 Å². The number of carbonyl (C=O) groups is 4. The Hall–Kier alpha value is -1.94. The minimum atomic E-state index is -4.95. The number of rotatable bonds is 72. The zero-order chi connectivity index (χ0) is 66.1. The van der Waals surface area contributed by atoms with Gasteiger partial charge in [-0.3, -0.25) is 37.3 Å². The molecule has 90 heavy (non-hydrogen) atoms. The molecule has 0 aromatic heterocycles. The Morgan fingerprint density at radius 1 is 0.267 bits per heavy atom. The highest BCUT2D eigenvalue weighted by molar-refractivity contribution is 7.47. The van der Waals surface area contributed by atoms with Gasteiger partial charge in [-0.25, -0.2) is 9.13 Å². The lowest BCUT2D eigenvalue weighted by atomic mass is 10.0. The highest BCUT2D eigenvalue weighted by Gasteiger charge is 2.30. The molecular formula is C71H138O17P2. The number of carbonyl (C=O) groups excluding carboxylic acids is 4. The fraction of sp³-hybridized carbons (Fsp3) is 0.944. The van der Waals surface area contributed by atoms with Crippen molar-refractivity contribution in [3.8, 4) is 0 Å². The Balaban J connectivity index is 5.20. The number of ether oxygens (including phenoxy) is 4. The third-order valence-electron chi connectivity index (χ3n) is 16.6. The Morgan fingerprint density at radius 3 is 0.656 bits per heavy atom. The molecule has 0 radical (unpaired) electrons. The second-order valence-electron chi connectivity index (χ2n) is 25.6. The summed E-state index contributed by atoms with van der Waals surface area (Å²) in [5.74, 6) is -2.12. The van der Waals surface area contributed by atoms with Crippen LogP contribution in [0.5, 0.6) is 0 Å². The average Bonchev–Trinajstić information content (AvgIpc) is 3.60. The van der Waals surface area contributed by atoms with Gasteiger partial charge in [0.25, 0.3) is 0 Å². The van der Waals surface area contributed by atoms with Gasteiger partial charge in [0.05, 0.1) is 26.4 Å². The molecular weight excluding hydrogens is 1190 g/mol. The smallest absolute Gasteiger partial charge is 0.462 e. The van der Waals surface area contributed by atoms with E-state index in [1.165, 1.54) is 205 Å². The van der Waals surface area contributed by atoms with Crippen LogP contribution in [0.2, 0.25) is 0 Å². The van der Waals surface area contributed by atoms with Crippen LogP contribution in [0.25, 0.3) is 0 Å². The SMILES string of the molecule is CCCCCCCCCCCCCCCCCCCCC(=O)O[C@H](COC(=O)CCCCCCCCCCCCCC)COP(=O)(O)OC[C@@H](O)COP(=O)(O)OC[C@@H](COC(=O)CCCCCCCCCCC)OC(=O)CCCCCCCCCCCCC. The molecule has 17 nitrogen and oxygen atoms in total. The number of hydrogen-bond donors (Lipinski definition) is 3. The third kappa shape index (κ3) is 64.8. The maximum atomic E-state index is 13.0. The molecule has 0 saturated heterocycles. The first-order chi connectivity index (χ1) is 43.7. The summed E-state index contributed by atoms with van der Waals surface area (Å²) < 4.78 is 68.3. The standard InChI is InChI=1S/C71H138O17P2/c1-5-9-13-17-21-25-28-30-31-32-33-34-35-38-42-46-50-54-58-71(76)88-67(62-82-69(74)56-52-48-44-40-37-29-26-22-18-14-10-6-2)64-86-90(79,80)84-60-65(72)59-83-89(77,78)85-63-66(61-81-68(73)55-51-47-43-39-24-20-16-12-8-4)87-70(75)57-53-49-45-41-36-27-23-19-15-11-7-3/h65-67,72H,5-64H2,1-4H3,(H,77,78)(H,79,80)/t65-,66+,67+/m0/s1. The molecule has 0 fully saturated rings. The molecule has 2 unspecified atom stereocenters. The number of phosphoric ester groups is 2. The van der Waals surface area contributed by atoms with Crippen molar-refractivity contribution in [2.75, 3.05) is 39.6 Å². The van der Waals surface area contributed by atoms with Crippen LogP contribution in [-0.2, 0) is 65.4 Å². The maximum Gasteiger partial charge on any atom is 0.472 e. The zero-order valence-corrected chi connectivity index (χ0v) is 59.9. The highest BCUT2D eigenvalue weighted by atomic mass is 31.2. The number of esters is 4. The Morgan fingerprint density at radius 2 is 0.444 bits per heavy atom. The third-order valence-corrected chi connectivity index (χ3v) is 18.5. The van der Waals surface area contributed by atoms with Gasteiger partial charge in [0, 0.05) is 25.7 Å². The summed E-state index contributed by atoms with van der Waals surface area (Å²) in [6, 6.07) is 0. The summed E-state index contributed by atoms with van der Waals surface area (Å²) in [4.78, 5) is 72.5. The summed E-state index contributed by atoms with van der Waals surface area (Å²) in [5.41, 5.74) is 0. The van der Waals surface area contributed by atoms with Crippen molar-refractivity contribution < 1.29 is 80.2 Å². The highest BCUT2D eigenvalue weighted by Crippen LogP contribution is 2.45. The summed E-state index contributed by atoms with van der Waals surface area (Å²) in [5, 5.41) is 10.6. The molecule has 0 aliphatic heterocycles. The second-order valence-corrected chi connectivity index (χ2v) is 28.5. The predicted octanol–water partition coefficient (Wildman–Crippen LogP) is 20.7. The molecule has 19 heteroatoms.